The van der Waals surface area contributed by atoms with Crippen LogP contribution in [0.1, 0.15) is 37.8 Å². The monoisotopic (exact) mass is 323 g/mol. The molecule has 0 aliphatic heterocycles. The zero-order chi connectivity index (χ0) is 14.8. The molecule has 112 valence electrons. The van der Waals surface area contributed by atoms with E-state index in [0.29, 0.717) is 6.04 Å². The zero-order valence-electron chi connectivity index (χ0n) is 11.9. The molecule has 5 nitrogen and oxygen atoms in total. The van der Waals surface area contributed by atoms with Crippen LogP contribution in [0.15, 0.2) is 28.3 Å². The van der Waals surface area contributed by atoms with Gasteiger partial charge in [-0.1, -0.05) is 24.6 Å². The number of rotatable bonds is 6. The summed E-state index contributed by atoms with van der Waals surface area (Å²) in [4.78, 5) is 1.09. The summed E-state index contributed by atoms with van der Waals surface area (Å²) in [6.07, 6.45) is 4.09. The second-order valence-electron chi connectivity index (χ2n) is 5.36. The van der Waals surface area contributed by atoms with Crippen molar-refractivity contribution in [1.29, 1.82) is 0 Å². The SMILES string of the molecule is CCC(N)Cc1ccc(Cl)cc1Sc1nnnn1C1CC1. The quantitative estimate of drug-likeness (QED) is 0.884. The first-order valence-electron chi connectivity index (χ1n) is 7.17. The summed E-state index contributed by atoms with van der Waals surface area (Å²) in [7, 11) is 0. The number of nitrogens with two attached hydrogens (primary N) is 1. The largest absolute Gasteiger partial charge is 0.327 e. The molecule has 7 heteroatoms. The smallest absolute Gasteiger partial charge is 0.214 e. The minimum absolute atomic E-state index is 0.157. The van der Waals surface area contributed by atoms with Crippen molar-refractivity contribution >= 4 is 23.4 Å². The third-order valence-corrected chi connectivity index (χ3v) is 4.88. The molecule has 1 aromatic heterocycles. The van der Waals surface area contributed by atoms with Crippen LogP contribution in [0.2, 0.25) is 5.02 Å². The molecule has 1 aliphatic carbocycles. The Morgan fingerprint density at radius 3 is 3.00 bits per heavy atom. The normalized spacial score (nSPS) is 16.1. The molecule has 1 heterocycles. The molecule has 1 unspecified atom stereocenters. The van der Waals surface area contributed by atoms with Crippen LogP contribution in [0.5, 0.6) is 0 Å². The lowest BCUT2D eigenvalue weighted by molar-refractivity contribution is 0.565. The first-order valence-corrected chi connectivity index (χ1v) is 8.36. The summed E-state index contributed by atoms with van der Waals surface area (Å²) < 4.78 is 1.91. The Morgan fingerprint density at radius 2 is 2.29 bits per heavy atom. The lowest BCUT2D eigenvalue weighted by Crippen LogP contribution is -2.21. The Bertz CT molecular complexity index is 626. The highest BCUT2D eigenvalue weighted by atomic mass is 35.5. The molecule has 0 spiro atoms. The number of tetrazole rings is 1. The van der Waals surface area contributed by atoms with Crippen LogP contribution in [0, 0.1) is 0 Å². The van der Waals surface area contributed by atoms with Gasteiger partial charge < -0.3 is 5.73 Å². The van der Waals surface area contributed by atoms with E-state index >= 15 is 0 Å². The summed E-state index contributed by atoms with van der Waals surface area (Å²) in [6, 6.07) is 6.54. The molecule has 1 fully saturated rings. The molecule has 3 rings (SSSR count). The van der Waals surface area contributed by atoms with E-state index in [2.05, 4.69) is 22.4 Å². The third-order valence-electron chi connectivity index (χ3n) is 3.59. The molecule has 0 amide bonds. The lowest BCUT2D eigenvalue weighted by atomic mass is 10.1. The summed E-state index contributed by atoms with van der Waals surface area (Å²) in [5.41, 5.74) is 7.28. The van der Waals surface area contributed by atoms with Crippen molar-refractivity contribution in [3.05, 3.63) is 28.8 Å². The fraction of sp³-hybridized carbons (Fsp3) is 0.500. The molecule has 1 saturated carbocycles. The summed E-state index contributed by atoms with van der Waals surface area (Å²) in [5, 5.41) is 13.6. The molecule has 0 saturated heterocycles. The number of aromatic nitrogens is 4. The Balaban J connectivity index is 1.86. The van der Waals surface area contributed by atoms with Crippen molar-refractivity contribution in [3.8, 4) is 0 Å². The van der Waals surface area contributed by atoms with E-state index in [-0.39, 0.29) is 6.04 Å². The number of benzene rings is 1. The fourth-order valence-corrected chi connectivity index (χ4v) is 3.38. The summed E-state index contributed by atoms with van der Waals surface area (Å²) in [5.74, 6) is 0. The molecule has 1 aromatic carbocycles. The maximum Gasteiger partial charge on any atom is 0.214 e. The Hall–Kier alpha value is -1.11. The van der Waals surface area contributed by atoms with Gasteiger partial charge in [-0.15, -0.1) is 5.10 Å². The average Bonchev–Trinajstić information content (AvgIpc) is 3.22. The molecular weight excluding hydrogens is 306 g/mol. The van der Waals surface area contributed by atoms with E-state index < -0.39 is 0 Å². The molecule has 1 atom stereocenters. The minimum atomic E-state index is 0.157. The van der Waals surface area contributed by atoms with Crippen molar-refractivity contribution < 1.29 is 0 Å². The van der Waals surface area contributed by atoms with Gasteiger partial charge >= 0.3 is 0 Å². The van der Waals surface area contributed by atoms with Crippen LogP contribution in [-0.4, -0.2) is 26.2 Å². The second kappa shape index (κ2) is 6.34. The van der Waals surface area contributed by atoms with E-state index in [4.69, 9.17) is 17.3 Å². The van der Waals surface area contributed by atoms with E-state index in [9.17, 15) is 0 Å². The molecule has 2 N–H and O–H groups in total. The molecular formula is C14H18ClN5S. The number of hydrogen-bond acceptors (Lipinski definition) is 5. The Morgan fingerprint density at radius 1 is 1.48 bits per heavy atom. The lowest BCUT2D eigenvalue weighted by Gasteiger charge is -2.13. The molecule has 2 aromatic rings. The van der Waals surface area contributed by atoms with Gasteiger partial charge in [-0.05, 0) is 65.6 Å². The average molecular weight is 324 g/mol. The highest BCUT2D eigenvalue weighted by Crippen LogP contribution is 2.39. The van der Waals surface area contributed by atoms with Crippen LogP contribution in [0.25, 0.3) is 0 Å². The standard InChI is InChI=1S/C14H18ClN5S/c1-2-11(16)7-9-3-4-10(15)8-13(9)21-14-17-18-19-20(14)12-5-6-12/h3-4,8,11-12H,2,5-7,16H2,1H3. The van der Waals surface area contributed by atoms with Crippen LogP contribution >= 0.6 is 23.4 Å². The number of nitrogens with zero attached hydrogens (tertiary/aromatic N) is 4. The van der Waals surface area contributed by atoms with Crippen LogP contribution in [0.4, 0.5) is 0 Å². The molecule has 0 radical (unpaired) electrons. The van der Waals surface area contributed by atoms with Gasteiger partial charge in [-0.2, -0.15) is 0 Å². The first kappa shape index (κ1) is 14.8. The van der Waals surface area contributed by atoms with E-state index in [0.717, 1.165) is 40.8 Å². The van der Waals surface area contributed by atoms with Gasteiger partial charge in [0.15, 0.2) is 0 Å². The van der Waals surface area contributed by atoms with Crippen molar-refractivity contribution in [2.45, 2.75) is 54.7 Å². The van der Waals surface area contributed by atoms with Gasteiger partial charge in [0.2, 0.25) is 5.16 Å². The highest BCUT2D eigenvalue weighted by Gasteiger charge is 2.28. The Kier molecular flexibility index (Phi) is 4.47. The highest BCUT2D eigenvalue weighted by molar-refractivity contribution is 7.99. The van der Waals surface area contributed by atoms with Gasteiger partial charge in [0.25, 0.3) is 0 Å². The minimum Gasteiger partial charge on any atom is -0.327 e. The van der Waals surface area contributed by atoms with Crippen molar-refractivity contribution in [2.24, 2.45) is 5.73 Å². The van der Waals surface area contributed by atoms with E-state index in [1.54, 1.807) is 11.8 Å². The third kappa shape index (κ3) is 3.56. The maximum absolute atomic E-state index is 6.14. The number of hydrogen-bond donors (Lipinski definition) is 1. The predicted molar refractivity (Wildman–Crippen MR) is 83.6 cm³/mol. The van der Waals surface area contributed by atoms with Crippen LogP contribution < -0.4 is 5.73 Å². The molecule has 21 heavy (non-hydrogen) atoms. The van der Waals surface area contributed by atoms with Crippen molar-refractivity contribution in [2.75, 3.05) is 0 Å². The maximum atomic E-state index is 6.14. The van der Waals surface area contributed by atoms with E-state index in [1.807, 2.05) is 22.9 Å². The zero-order valence-corrected chi connectivity index (χ0v) is 13.4. The van der Waals surface area contributed by atoms with Crippen LogP contribution in [-0.2, 0) is 6.42 Å². The molecule has 1 aliphatic rings. The predicted octanol–water partition coefficient (Wildman–Crippen LogP) is 3.09. The van der Waals surface area contributed by atoms with Crippen molar-refractivity contribution in [3.63, 3.8) is 0 Å². The second-order valence-corrected chi connectivity index (χ2v) is 6.81. The van der Waals surface area contributed by atoms with E-state index in [1.165, 1.54) is 5.56 Å². The van der Waals surface area contributed by atoms with Crippen LogP contribution in [0.3, 0.4) is 0 Å². The molecule has 0 bridgehead atoms. The van der Waals surface area contributed by atoms with Crippen molar-refractivity contribution in [1.82, 2.24) is 20.2 Å². The van der Waals surface area contributed by atoms with Gasteiger partial charge in [-0.25, -0.2) is 4.68 Å². The Labute approximate surface area is 133 Å². The topological polar surface area (TPSA) is 69.6 Å². The first-order chi connectivity index (χ1) is 10.2. The summed E-state index contributed by atoms with van der Waals surface area (Å²) in [6.45, 7) is 2.10. The van der Waals surface area contributed by atoms with Gasteiger partial charge in [0.05, 0.1) is 6.04 Å². The van der Waals surface area contributed by atoms with Gasteiger partial charge in [-0.3, -0.25) is 0 Å². The summed E-state index contributed by atoms with van der Waals surface area (Å²) >= 11 is 7.71. The van der Waals surface area contributed by atoms with Gasteiger partial charge in [0.1, 0.15) is 0 Å². The fourth-order valence-electron chi connectivity index (χ4n) is 2.12. The number of halogens is 1. The van der Waals surface area contributed by atoms with Gasteiger partial charge in [0, 0.05) is 16.0 Å².